The molecule has 0 bridgehead atoms. The normalized spacial score (nSPS) is 12.2. The van der Waals surface area contributed by atoms with E-state index in [1.54, 1.807) is 28.7 Å². The summed E-state index contributed by atoms with van der Waals surface area (Å²) >= 11 is 3.47. The van der Waals surface area contributed by atoms with Gasteiger partial charge in [0.25, 0.3) is 0 Å². The second-order valence-corrected chi connectivity index (χ2v) is 6.38. The molecular formula is C15H13FN2S2. The van der Waals surface area contributed by atoms with Crippen molar-refractivity contribution in [3.63, 3.8) is 0 Å². The van der Waals surface area contributed by atoms with Crippen molar-refractivity contribution < 1.29 is 4.39 Å². The van der Waals surface area contributed by atoms with Crippen LogP contribution in [0.5, 0.6) is 0 Å². The van der Waals surface area contributed by atoms with E-state index in [1.807, 2.05) is 6.07 Å². The molecule has 0 radical (unpaired) electrons. The molecule has 3 aromatic heterocycles. The average molecular weight is 304 g/mol. The molecule has 0 aliphatic rings. The third-order valence-electron chi connectivity index (χ3n) is 2.94. The van der Waals surface area contributed by atoms with E-state index in [2.05, 4.69) is 39.3 Å². The molecule has 0 fully saturated rings. The summed E-state index contributed by atoms with van der Waals surface area (Å²) in [6, 6.07) is 11.6. The van der Waals surface area contributed by atoms with E-state index < -0.39 is 5.95 Å². The molecule has 3 rings (SSSR count). The van der Waals surface area contributed by atoms with Gasteiger partial charge >= 0.3 is 0 Å². The second kappa shape index (κ2) is 6.15. The first kappa shape index (κ1) is 13.3. The van der Waals surface area contributed by atoms with Crippen molar-refractivity contribution in [2.24, 2.45) is 0 Å². The largest absolute Gasteiger partial charge is 0.376 e. The maximum atomic E-state index is 12.9. The van der Waals surface area contributed by atoms with Gasteiger partial charge in [0.1, 0.15) is 0 Å². The molecule has 0 aliphatic carbocycles. The van der Waals surface area contributed by atoms with Gasteiger partial charge in [-0.2, -0.15) is 4.39 Å². The first-order valence-electron chi connectivity index (χ1n) is 6.25. The molecule has 1 unspecified atom stereocenters. The predicted molar refractivity (Wildman–Crippen MR) is 82.9 cm³/mol. The molecule has 102 valence electrons. The van der Waals surface area contributed by atoms with E-state index in [0.717, 1.165) is 12.1 Å². The molecule has 0 aromatic carbocycles. The predicted octanol–water partition coefficient (Wildman–Crippen LogP) is 4.74. The summed E-state index contributed by atoms with van der Waals surface area (Å²) in [4.78, 5) is 6.28. The van der Waals surface area contributed by atoms with E-state index in [-0.39, 0.29) is 6.04 Å². The number of pyridine rings is 1. The van der Waals surface area contributed by atoms with Crippen molar-refractivity contribution in [1.29, 1.82) is 0 Å². The van der Waals surface area contributed by atoms with Crippen LogP contribution >= 0.6 is 22.7 Å². The third kappa shape index (κ3) is 3.23. The van der Waals surface area contributed by atoms with E-state index in [4.69, 9.17) is 0 Å². The maximum absolute atomic E-state index is 12.9. The molecular weight excluding hydrogens is 291 g/mol. The van der Waals surface area contributed by atoms with Gasteiger partial charge in [-0.05, 0) is 35.0 Å². The molecule has 0 amide bonds. The number of nitrogens with one attached hydrogen (secondary N) is 1. The standard InChI is InChI=1S/C15H13FN2S2/c16-15-6-5-11(10-17-15)18-13(14-4-2-8-20-14)9-12-3-1-7-19-12/h1-8,10,13,18H,9H2. The zero-order valence-electron chi connectivity index (χ0n) is 10.6. The average Bonchev–Trinajstić information content (AvgIpc) is 3.12. The topological polar surface area (TPSA) is 24.9 Å². The van der Waals surface area contributed by atoms with Gasteiger partial charge in [-0.25, -0.2) is 4.98 Å². The highest BCUT2D eigenvalue weighted by Gasteiger charge is 2.14. The molecule has 2 nitrogen and oxygen atoms in total. The van der Waals surface area contributed by atoms with Gasteiger partial charge in [0.2, 0.25) is 5.95 Å². The van der Waals surface area contributed by atoms with Gasteiger partial charge < -0.3 is 5.32 Å². The lowest BCUT2D eigenvalue weighted by Crippen LogP contribution is -2.12. The van der Waals surface area contributed by atoms with Crippen molar-refractivity contribution in [3.05, 3.63) is 69.1 Å². The van der Waals surface area contributed by atoms with Crippen LogP contribution in [-0.4, -0.2) is 4.98 Å². The first-order chi connectivity index (χ1) is 9.81. The van der Waals surface area contributed by atoms with Crippen LogP contribution in [-0.2, 0) is 6.42 Å². The molecule has 0 saturated carbocycles. The monoisotopic (exact) mass is 304 g/mol. The minimum atomic E-state index is -0.457. The van der Waals surface area contributed by atoms with Gasteiger partial charge in [0, 0.05) is 16.2 Å². The number of rotatable bonds is 5. The van der Waals surface area contributed by atoms with Crippen molar-refractivity contribution in [2.75, 3.05) is 5.32 Å². The second-order valence-electron chi connectivity index (χ2n) is 4.37. The highest BCUT2D eigenvalue weighted by atomic mass is 32.1. The quantitative estimate of drug-likeness (QED) is 0.689. The van der Waals surface area contributed by atoms with Crippen molar-refractivity contribution in [2.45, 2.75) is 12.5 Å². The fraction of sp³-hybridized carbons (Fsp3) is 0.133. The summed E-state index contributed by atoms with van der Waals surface area (Å²) < 4.78 is 12.9. The Kier molecular flexibility index (Phi) is 4.08. The van der Waals surface area contributed by atoms with Crippen LogP contribution < -0.4 is 5.32 Å². The summed E-state index contributed by atoms with van der Waals surface area (Å²) in [5.74, 6) is -0.457. The fourth-order valence-corrected chi connectivity index (χ4v) is 3.53. The minimum absolute atomic E-state index is 0.181. The van der Waals surface area contributed by atoms with Gasteiger partial charge in [0.15, 0.2) is 0 Å². The zero-order valence-corrected chi connectivity index (χ0v) is 12.3. The molecule has 1 atom stereocenters. The fourth-order valence-electron chi connectivity index (χ4n) is 2.00. The molecule has 3 heterocycles. The summed E-state index contributed by atoms with van der Waals surface area (Å²) in [6.07, 6.45) is 2.44. The van der Waals surface area contributed by atoms with Gasteiger partial charge in [0.05, 0.1) is 17.9 Å². The number of anilines is 1. The Bertz CT molecular complexity index is 633. The van der Waals surface area contributed by atoms with E-state index in [1.165, 1.54) is 22.0 Å². The van der Waals surface area contributed by atoms with Crippen LogP contribution in [0.25, 0.3) is 0 Å². The summed E-state index contributed by atoms with van der Waals surface area (Å²) in [7, 11) is 0. The zero-order chi connectivity index (χ0) is 13.8. The Balaban J connectivity index is 1.80. The Morgan fingerprint density at radius 1 is 1.10 bits per heavy atom. The third-order valence-corrected chi connectivity index (χ3v) is 4.83. The van der Waals surface area contributed by atoms with Crippen molar-refractivity contribution in [1.82, 2.24) is 4.98 Å². The highest BCUT2D eigenvalue weighted by molar-refractivity contribution is 7.10. The molecule has 0 spiro atoms. The molecule has 5 heteroatoms. The van der Waals surface area contributed by atoms with Crippen LogP contribution in [0.2, 0.25) is 0 Å². The number of hydrogen-bond acceptors (Lipinski definition) is 4. The molecule has 3 aromatic rings. The lowest BCUT2D eigenvalue weighted by Gasteiger charge is -2.18. The van der Waals surface area contributed by atoms with Gasteiger partial charge in [-0.1, -0.05) is 12.1 Å². The number of nitrogens with zero attached hydrogens (tertiary/aromatic N) is 1. The van der Waals surface area contributed by atoms with Crippen molar-refractivity contribution in [3.8, 4) is 0 Å². The molecule has 0 saturated heterocycles. The van der Waals surface area contributed by atoms with Crippen molar-refractivity contribution >= 4 is 28.4 Å². The molecule has 20 heavy (non-hydrogen) atoms. The minimum Gasteiger partial charge on any atom is -0.376 e. The number of aromatic nitrogens is 1. The summed E-state index contributed by atoms with van der Waals surface area (Å²) in [5.41, 5.74) is 0.835. The SMILES string of the molecule is Fc1ccc(NC(Cc2cccs2)c2cccs2)cn1. The smallest absolute Gasteiger partial charge is 0.212 e. The van der Waals surface area contributed by atoms with E-state index in [9.17, 15) is 4.39 Å². The van der Waals surface area contributed by atoms with Crippen LogP contribution in [0.1, 0.15) is 15.8 Å². The number of hydrogen-bond donors (Lipinski definition) is 1. The van der Waals surface area contributed by atoms with Crippen LogP contribution in [0.3, 0.4) is 0 Å². The Morgan fingerprint density at radius 3 is 2.60 bits per heavy atom. The molecule has 1 N–H and O–H groups in total. The van der Waals surface area contributed by atoms with E-state index >= 15 is 0 Å². The molecule has 0 aliphatic heterocycles. The highest BCUT2D eigenvalue weighted by Crippen LogP contribution is 2.28. The summed E-state index contributed by atoms with van der Waals surface area (Å²) in [6.45, 7) is 0. The first-order valence-corrected chi connectivity index (χ1v) is 8.01. The van der Waals surface area contributed by atoms with Gasteiger partial charge in [-0.15, -0.1) is 22.7 Å². The number of thiophene rings is 2. The van der Waals surface area contributed by atoms with E-state index in [0.29, 0.717) is 0 Å². The lowest BCUT2D eigenvalue weighted by molar-refractivity contribution is 0.584. The van der Waals surface area contributed by atoms with Crippen LogP contribution in [0, 0.1) is 5.95 Å². The Labute approximate surface area is 124 Å². The van der Waals surface area contributed by atoms with Crippen LogP contribution in [0.15, 0.2) is 53.4 Å². The number of halogens is 1. The Hall–Kier alpha value is -1.72. The van der Waals surface area contributed by atoms with Gasteiger partial charge in [-0.3, -0.25) is 0 Å². The maximum Gasteiger partial charge on any atom is 0.212 e. The van der Waals surface area contributed by atoms with Crippen LogP contribution in [0.4, 0.5) is 10.1 Å². The lowest BCUT2D eigenvalue weighted by atomic mass is 10.1. The Morgan fingerprint density at radius 2 is 1.95 bits per heavy atom. The summed E-state index contributed by atoms with van der Waals surface area (Å²) in [5, 5.41) is 7.59.